The smallest absolute Gasteiger partial charge is 0.147 e. The van der Waals surface area contributed by atoms with Gasteiger partial charge in [-0.3, -0.25) is 0 Å². The van der Waals surface area contributed by atoms with E-state index in [9.17, 15) is 0 Å². The van der Waals surface area contributed by atoms with Crippen LogP contribution in [0.5, 0.6) is 0 Å². The van der Waals surface area contributed by atoms with E-state index in [1.165, 1.54) is 5.56 Å². The molecule has 0 bridgehead atoms. The Hall–Kier alpha value is -1.26. The lowest BCUT2D eigenvalue weighted by atomic mass is 10.1. The molecule has 1 aromatic heterocycles. The highest BCUT2D eigenvalue weighted by molar-refractivity contribution is 7.14. The zero-order valence-corrected chi connectivity index (χ0v) is 13.3. The monoisotopic (exact) mass is 289 g/mol. The third-order valence-electron chi connectivity index (χ3n) is 3.40. The van der Waals surface area contributed by atoms with Crippen LogP contribution in [-0.4, -0.2) is 16.7 Å². The van der Waals surface area contributed by atoms with E-state index in [-0.39, 0.29) is 0 Å². The third kappa shape index (κ3) is 3.64. The molecule has 0 amide bonds. The van der Waals surface area contributed by atoms with Crippen molar-refractivity contribution in [2.24, 2.45) is 0 Å². The molecule has 3 nitrogen and oxygen atoms in total. The normalized spacial score (nSPS) is 12.6. The largest absolute Gasteiger partial charge is 0.308 e. The van der Waals surface area contributed by atoms with Gasteiger partial charge in [0, 0.05) is 5.56 Å². The Morgan fingerprint density at radius 1 is 1.10 bits per heavy atom. The van der Waals surface area contributed by atoms with Gasteiger partial charge in [-0.1, -0.05) is 56.4 Å². The molecule has 0 aliphatic rings. The lowest BCUT2D eigenvalue weighted by Crippen LogP contribution is -2.21. The van der Waals surface area contributed by atoms with Crippen LogP contribution < -0.4 is 5.32 Å². The first kappa shape index (κ1) is 15.1. The Labute approximate surface area is 125 Å². The molecule has 0 aliphatic heterocycles. The second-order valence-corrected chi connectivity index (χ2v) is 5.92. The van der Waals surface area contributed by atoms with Crippen molar-refractivity contribution in [1.82, 2.24) is 15.5 Å². The van der Waals surface area contributed by atoms with Crippen molar-refractivity contribution >= 4 is 11.3 Å². The van der Waals surface area contributed by atoms with E-state index in [1.54, 1.807) is 11.3 Å². The molecule has 1 atom stereocenters. The van der Waals surface area contributed by atoms with Crippen molar-refractivity contribution in [2.75, 3.05) is 6.54 Å². The Kier molecular flexibility index (Phi) is 5.68. The molecule has 1 N–H and O–H groups in total. The molecule has 108 valence electrons. The fourth-order valence-electron chi connectivity index (χ4n) is 2.10. The Morgan fingerprint density at radius 2 is 1.85 bits per heavy atom. The van der Waals surface area contributed by atoms with Crippen LogP contribution in [0, 0.1) is 0 Å². The number of nitrogens with one attached hydrogen (secondary N) is 1. The van der Waals surface area contributed by atoms with Gasteiger partial charge in [-0.05, 0) is 31.4 Å². The number of hydrogen-bond acceptors (Lipinski definition) is 4. The lowest BCUT2D eigenvalue weighted by Gasteiger charge is -2.12. The Morgan fingerprint density at radius 3 is 2.45 bits per heavy atom. The summed E-state index contributed by atoms with van der Waals surface area (Å²) in [4.78, 5) is 0. The van der Waals surface area contributed by atoms with Crippen LogP contribution in [0.2, 0.25) is 0 Å². The molecule has 0 saturated heterocycles. The first-order valence-electron chi connectivity index (χ1n) is 7.44. The van der Waals surface area contributed by atoms with E-state index in [2.05, 4.69) is 60.6 Å². The molecule has 2 aromatic rings. The van der Waals surface area contributed by atoms with Crippen molar-refractivity contribution in [2.45, 2.75) is 46.1 Å². The predicted molar refractivity (Wildman–Crippen MR) is 86.0 cm³/mol. The van der Waals surface area contributed by atoms with Gasteiger partial charge in [0.05, 0.1) is 6.04 Å². The summed E-state index contributed by atoms with van der Waals surface area (Å²) >= 11 is 1.70. The van der Waals surface area contributed by atoms with Crippen LogP contribution >= 0.6 is 11.3 Å². The first-order chi connectivity index (χ1) is 9.78. The van der Waals surface area contributed by atoms with Crippen molar-refractivity contribution in [3.8, 4) is 10.6 Å². The highest BCUT2D eigenvalue weighted by Gasteiger charge is 2.14. The molecule has 20 heavy (non-hydrogen) atoms. The molecule has 0 fully saturated rings. The van der Waals surface area contributed by atoms with Gasteiger partial charge in [-0.25, -0.2) is 0 Å². The molecule has 2 rings (SSSR count). The van der Waals surface area contributed by atoms with Gasteiger partial charge in [-0.2, -0.15) is 0 Å². The maximum absolute atomic E-state index is 4.37. The van der Waals surface area contributed by atoms with E-state index < -0.39 is 0 Å². The molecule has 1 unspecified atom stereocenters. The molecule has 4 heteroatoms. The molecule has 0 spiro atoms. The number of hydrogen-bond donors (Lipinski definition) is 1. The van der Waals surface area contributed by atoms with Crippen molar-refractivity contribution in [3.63, 3.8) is 0 Å². The van der Waals surface area contributed by atoms with Crippen molar-refractivity contribution in [1.29, 1.82) is 0 Å². The highest BCUT2D eigenvalue weighted by Crippen LogP contribution is 2.28. The van der Waals surface area contributed by atoms with Crippen LogP contribution in [0.4, 0.5) is 0 Å². The van der Waals surface area contributed by atoms with Crippen LogP contribution in [0.1, 0.15) is 50.2 Å². The quantitative estimate of drug-likeness (QED) is 0.829. The minimum absolute atomic E-state index is 0.330. The number of nitrogens with zero attached hydrogens (tertiary/aromatic N) is 2. The fraction of sp³-hybridized carbons (Fsp3) is 0.500. The minimum atomic E-state index is 0.330. The first-order valence-corrected chi connectivity index (χ1v) is 8.26. The summed E-state index contributed by atoms with van der Waals surface area (Å²) in [6.07, 6.45) is 3.25. The highest BCUT2D eigenvalue weighted by atomic mass is 32.1. The molecular formula is C16H23N3S. The molecule has 1 aromatic carbocycles. The summed E-state index contributed by atoms with van der Waals surface area (Å²) in [5, 5.41) is 14.3. The van der Waals surface area contributed by atoms with E-state index in [1.807, 2.05) is 0 Å². The van der Waals surface area contributed by atoms with Crippen LogP contribution in [0.25, 0.3) is 10.6 Å². The summed E-state index contributed by atoms with van der Waals surface area (Å²) in [5.41, 5.74) is 2.52. The van der Waals surface area contributed by atoms with Gasteiger partial charge in [0.15, 0.2) is 0 Å². The molecule has 0 radical (unpaired) electrons. The van der Waals surface area contributed by atoms with E-state index in [0.717, 1.165) is 41.4 Å². The summed E-state index contributed by atoms with van der Waals surface area (Å²) in [5.74, 6) is 0. The van der Waals surface area contributed by atoms with E-state index in [0.29, 0.717) is 6.04 Å². The zero-order chi connectivity index (χ0) is 14.4. The Bertz CT molecular complexity index is 519. The van der Waals surface area contributed by atoms with Gasteiger partial charge >= 0.3 is 0 Å². The average molecular weight is 289 g/mol. The van der Waals surface area contributed by atoms with Gasteiger partial charge in [0.2, 0.25) is 0 Å². The molecule has 0 aliphatic carbocycles. The molecule has 1 heterocycles. The van der Waals surface area contributed by atoms with Crippen molar-refractivity contribution in [3.05, 3.63) is 34.8 Å². The van der Waals surface area contributed by atoms with Crippen LogP contribution in [-0.2, 0) is 6.42 Å². The fourth-order valence-corrected chi connectivity index (χ4v) is 3.11. The van der Waals surface area contributed by atoms with E-state index in [4.69, 9.17) is 0 Å². The summed E-state index contributed by atoms with van der Waals surface area (Å²) in [6, 6.07) is 8.95. The summed E-state index contributed by atoms with van der Waals surface area (Å²) < 4.78 is 0. The number of rotatable bonds is 7. The minimum Gasteiger partial charge on any atom is -0.308 e. The van der Waals surface area contributed by atoms with Crippen molar-refractivity contribution < 1.29 is 0 Å². The van der Waals surface area contributed by atoms with Gasteiger partial charge in [0.25, 0.3) is 0 Å². The second kappa shape index (κ2) is 7.50. The van der Waals surface area contributed by atoms with Crippen LogP contribution in [0.3, 0.4) is 0 Å². The third-order valence-corrected chi connectivity index (χ3v) is 4.48. The maximum Gasteiger partial charge on any atom is 0.147 e. The SMILES string of the molecule is CCCNC(CC)c1nnc(-c2ccc(CC)cc2)s1. The van der Waals surface area contributed by atoms with Gasteiger partial charge in [-0.15, -0.1) is 10.2 Å². The summed E-state index contributed by atoms with van der Waals surface area (Å²) in [6.45, 7) is 7.56. The van der Waals surface area contributed by atoms with Crippen LogP contribution in [0.15, 0.2) is 24.3 Å². The van der Waals surface area contributed by atoms with Gasteiger partial charge in [0.1, 0.15) is 10.0 Å². The molecule has 0 saturated carbocycles. The molecular weight excluding hydrogens is 266 g/mol. The topological polar surface area (TPSA) is 37.8 Å². The zero-order valence-electron chi connectivity index (χ0n) is 12.5. The second-order valence-electron chi connectivity index (χ2n) is 4.91. The van der Waals surface area contributed by atoms with E-state index >= 15 is 0 Å². The average Bonchev–Trinajstić information content (AvgIpc) is 2.98. The predicted octanol–water partition coefficient (Wildman–Crippen LogP) is 4.22. The van der Waals surface area contributed by atoms with Gasteiger partial charge < -0.3 is 5.32 Å². The Balaban J connectivity index is 2.14. The maximum atomic E-state index is 4.37. The standard InChI is InChI=1S/C16H23N3S/c1-4-11-17-14(6-3)16-19-18-15(20-16)13-9-7-12(5-2)8-10-13/h7-10,14,17H,4-6,11H2,1-3H3. The lowest BCUT2D eigenvalue weighted by molar-refractivity contribution is 0.513. The number of aryl methyl sites for hydroxylation is 1. The number of benzene rings is 1. The summed E-state index contributed by atoms with van der Waals surface area (Å²) in [7, 11) is 0. The number of aromatic nitrogens is 2.